The van der Waals surface area contributed by atoms with E-state index >= 15 is 0 Å². The molecule has 4 heterocycles. The van der Waals surface area contributed by atoms with E-state index in [1.54, 1.807) is 42.6 Å². The Balaban J connectivity index is 1.09. The molecule has 1 aliphatic heterocycles. The minimum absolute atomic E-state index is 0.0147. The molecule has 2 atom stereocenters. The van der Waals surface area contributed by atoms with Crippen LogP contribution in [0.1, 0.15) is 51.4 Å². The van der Waals surface area contributed by atoms with Crippen LogP contribution in [0.3, 0.4) is 0 Å². The number of hydrogen-bond donors (Lipinski definition) is 1. The fourth-order valence-electron chi connectivity index (χ4n) is 6.46. The second kappa shape index (κ2) is 12.2. The molecule has 2 fully saturated rings. The van der Waals surface area contributed by atoms with Gasteiger partial charge in [0.25, 0.3) is 0 Å². The van der Waals surface area contributed by atoms with Gasteiger partial charge in [-0.2, -0.15) is 10.2 Å². The lowest BCUT2D eigenvalue weighted by Gasteiger charge is -2.54. The van der Waals surface area contributed by atoms with Gasteiger partial charge in [0.1, 0.15) is 24.1 Å². The van der Waals surface area contributed by atoms with Gasteiger partial charge < -0.3 is 19.3 Å². The van der Waals surface area contributed by atoms with Gasteiger partial charge >= 0.3 is 5.97 Å². The van der Waals surface area contributed by atoms with Gasteiger partial charge in [-0.3, -0.25) is 9.88 Å². The van der Waals surface area contributed by atoms with Gasteiger partial charge in [0, 0.05) is 43.0 Å². The maximum Gasteiger partial charge on any atom is 0.335 e. The summed E-state index contributed by atoms with van der Waals surface area (Å²) in [5.74, 6) is 0.672. The van der Waals surface area contributed by atoms with Crippen LogP contribution in [0.4, 0.5) is 10.2 Å². The number of pyridine rings is 2. The first-order valence-electron chi connectivity index (χ1n) is 15.3. The van der Waals surface area contributed by atoms with Crippen molar-refractivity contribution in [1.82, 2.24) is 24.4 Å². The quantitative estimate of drug-likeness (QED) is 0.234. The number of ether oxygens (including phenoxy) is 1. The van der Waals surface area contributed by atoms with Gasteiger partial charge in [-0.05, 0) is 73.9 Å². The Morgan fingerprint density at radius 1 is 1.04 bits per heavy atom. The van der Waals surface area contributed by atoms with E-state index in [0.29, 0.717) is 30.6 Å². The summed E-state index contributed by atoms with van der Waals surface area (Å²) in [6.45, 7) is 4.74. The normalized spacial score (nSPS) is 17.7. The van der Waals surface area contributed by atoms with E-state index in [1.165, 1.54) is 6.07 Å². The average molecular weight is 618 g/mol. The van der Waals surface area contributed by atoms with E-state index in [4.69, 9.17) is 20.0 Å². The van der Waals surface area contributed by atoms with Crippen LogP contribution in [0.2, 0.25) is 0 Å². The number of anilines is 1. The van der Waals surface area contributed by atoms with Crippen molar-refractivity contribution in [1.29, 1.82) is 5.26 Å². The summed E-state index contributed by atoms with van der Waals surface area (Å²) in [6.07, 6.45) is 3.89. The molecule has 3 aromatic heterocycles. The van der Waals surface area contributed by atoms with Crippen LogP contribution in [-0.4, -0.2) is 60.7 Å². The number of carboxylic acids is 1. The summed E-state index contributed by atoms with van der Waals surface area (Å²) < 4.78 is 22.3. The van der Waals surface area contributed by atoms with E-state index in [-0.39, 0.29) is 23.8 Å². The first-order valence-corrected chi connectivity index (χ1v) is 15.3. The van der Waals surface area contributed by atoms with E-state index in [2.05, 4.69) is 19.4 Å². The molecule has 0 amide bonds. The molecule has 7 rings (SSSR count). The SMILES string of the molecule is Cc1ccnc(Cn2c(CN3CCN(c4cccc(OCc5ccc(C#N)cc5F)n4)[C@H]4CC[C@H]43)nc3ccc(C(=O)O)cc32)c1. The van der Waals surface area contributed by atoms with Crippen LogP contribution in [0.5, 0.6) is 5.88 Å². The van der Waals surface area contributed by atoms with Crippen LogP contribution in [0, 0.1) is 24.1 Å². The van der Waals surface area contributed by atoms with Crippen LogP contribution < -0.4 is 9.64 Å². The Labute approximate surface area is 265 Å². The molecular weight excluding hydrogens is 585 g/mol. The molecule has 1 aliphatic carbocycles. The minimum atomic E-state index is -0.970. The third kappa shape index (κ3) is 5.75. The Kier molecular flexibility index (Phi) is 7.80. The average Bonchev–Trinajstić information content (AvgIpc) is 3.36. The number of nitrogens with zero attached hydrogens (tertiary/aromatic N) is 7. The Morgan fingerprint density at radius 2 is 1.91 bits per heavy atom. The number of aromatic carboxylic acids is 1. The summed E-state index contributed by atoms with van der Waals surface area (Å²) in [5, 5.41) is 18.6. The molecule has 1 saturated carbocycles. The number of benzene rings is 2. The van der Waals surface area contributed by atoms with Crippen LogP contribution in [0.15, 0.2) is 72.9 Å². The molecule has 232 valence electrons. The van der Waals surface area contributed by atoms with E-state index < -0.39 is 11.8 Å². The Bertz CT molecular complexity index is 1990. The number of rotatable bonds is 9. The number of fused-ring (bicyclic) bond motifs is 2. The smallest absolute Gasteiger partial charge is 0.335 e. The molecule has 2 aromatic carbocycles. The van der Waals surface area contributed by atoms with Gasteiger partial charge in [0.2, 0.25) is 5.88 Å². The molecule has 0 unspecified atom stereocenters. The highest BCUT2D eigenvalue weighted by molar-refractivity contribution is 5.92. The molecule has 0 bridgehead atoms. The number of aromatic nitrogens is 4. The highest BCUT2D eigenvalue weighted by Crippen LogP contribution is 2.37. The van der Waals surface area contributed by atoms with Gasteiger partial charge in [-0.1, -0.05) is 12.1 Å². The summed E-state index contributed by atoms with van der Waals surface area (Å²) in [6, 6.07) is 21.6. The van der Waals surface area contributed by atoms with Crippen LogP contribution in [-0.2, 0) is 19.7 Å². The van der Waals surface area contributed by atoms with Crippen LogP contribution >= 0.6 is 0 Å². The predicted octanol–water partition coefficient (Wildman–Crippen LogP) is 5.32. The van der Waals surface area contributed by atoms with E-state index in [9.17, 15) is 14.3 Å². The zero-order valence-corrected chi connectivity index (χ0v) is 25.3. The van der Waals surface area contributed by atoms with Gasteiger partial charge in [0.15, 0.2) is 0 Å². The monoisotopic (exact) mass is 617 g/mol. The van der Waals surface area contributed by atoms with Crippen molar-refractivity contribution in [3.05, 3.63) is 113 Å². The molecular formula is C35H32FN7O3. The van der Waals surface area contributed by atoms with Crippen molar-refractivity contribution in [2.45, 2.75) is 51.5 Å². The van der Waals surface area contributed by atoms with Crippen molar-refractivity contribution in [2.24, 2.45) is 0 Å². The highest BCUT2D eigenvalue weighted by atomic mass is 19.1. The molecule has 46 heavy (non-hydrogen) atoms. The Morgan fingerprint density at radius 3 is 2.67 bits per heavy atom. The summed E-state index contributed by atoms with van der Waals surface area (Å²) in [5.41, 5.74) is 4.40. The van der Waals surface area contributed by atoms with Crippen molar-refractivity contribution in [2.75, 3.05) is 18.0 Å². The number of carboxylic acid groups (broad SMARTS) is 1. The third-order valence-electron chi connectivity index (χ3n) is 8.97. The van der Waals surface area contributed by atoms with E-state index in [0.717, 1.165) is 59.9 Å². The molecule has 0 radical (unpaired) electrons. The third-order valence-corrected chi connectivity index (χ3v) is 8.97. The lowest BCUT2D eigenvalue weighted by molar-refractivity contribution is 0.0624. The molecule has 5 aromatic rings. The second-order valence-corrected chi connectivity index (χ2v) is 11.9. The van der Waals surface area contributed by atoms with Gasteiger partial charge in [0.05, 0.1) is 47.0 Å². The fourth-order valence-corrected chi connectivity index (χ4v) is 6.46. The van der Waals surface area contributed by atoms with Gasteiger partial charge in [-0.25, -0.2) is 14.2 Å². The maximum absolute atomic E-state index is 14.4. The zero-order valence-electron chi connectivity index (χ0n) is 25.3. The number of halogens is 1. The number of hydrogen-bond acceptors (Lipinski definition) is 8. The predicted molar refractivity (Wildman–Crippen MR) is 169 cm³/mol. The lowest BCUT2D eigenvalue weighted by Crippen LogP contribution is -2.64. The van der Waals surface area contributed by atoms with E-state index in [1.807, 2.05) is 37.3 Å². The maximum atomic E-state index is 14.4. The van der Waals surface area contributed by atoms with Crippen molar-refractivity contribution in [3.8, 4) is 11.9 Å². The van der Waals surface area contributed by atoms with Crippen molar-refractivity contribution in [3.63, 3.8) is 0 Å². The molecule has 0 spiro atoms. The summed E-state index contributed by atoms with van der Waals surface area (Å²) in [4.78, 5) is 30.9. The van der Waals surface area contributed by atoms with Crippen LogP contribution in [0.25, 0.3) is 11.0 Å². The fraction of sp³-hybridized carbons (Fsp3) is 0.286. The number of piperazine rings is 1. The summed E-state index contributed by atoms with van der Waals surface area (Å²) >= 11 is 0. The second-order valence-electron chi connectivity index (χ2n) is 11.9. The first kappa shape index (κ1) is 29.4. The molecule has 2 aliphatic rings. The highest BCUT2D eigenvalue weighted by Gasteiger charge is 2.43. The standard InChI is InChI=1S/C35H32FN7O3/c1-22-11-12-38-26(15-22)19-43-31-17-24(35(44)45)7-8-28(31)39-33(43)20-41-13-14-42(30-10-9-29(30)41)32-3-2-4-34(40-32)46-21-25-6-5-23(18-37)16-27(25)36/h2-8,11-12,15-17,29-30H,9-10,13-14,19-21H2,1H3,(H,44,45)/t29-,30+/m1/s1. The zero-order chi connectivity index (χ0) is 31.8. The minimum Gasteiger partial charge on any atom is -0.478 e. The number of imidazole rings is 1. The lowest BCUT2D eigenvalue weighted by atomic mass is 9.81. The first-order chi connectivity index (χ1) is 22.4. The molecule has 1 N–H and O–H groups in total. The van der Waals surface area contributed by atoms with Crippen molar-refractivity contribution < 1.29 is 19.0 Å². The van der Waals surface area contributed by atoms with Gasteiger partial charge in [-0.15, -0.1) is 0 Å². The largest absolute Gasteiger partial charge is 0.478 e. The van der Waals surface area contributed by atoms with Crippen molar-refractivity contribution >= 4 is 22.8 Å². The number of carbonyl (C=O) groups is 1. The molecule has 11 heteroatoms. The number of aryl methyl sites for hydroxylation is 1. The topological polar surface area (TPSA) is 120 Å². The Hall–Kier alpha value is -5.34. The molecule has 1 saturated heterocycles. The molecule has 10 nitrogen and oxygen atoms in total. The number of nitriles is 1. The summed E-state index contributed by atoms with van der Waals surface area (Å²) in [7, 11) is 0.